The highest BCUT2D eigenvalue weighted by atomic mass is 19.4. The molecule has 7 heteroatoms. The molecule has 0 heterocycles. The fraction of sp³-hybridized carbons (Fsp3) is 0.333. The summed E-state index contributed by atoms with van der Waals surface area (Å²) >= 11 is 0. The highest BCUT2D eigenvalue weighted by Crippen LogP contribution is 2.22. The Hall–Kier alpha value is -2.09. The predicted molar refractivity (Wildman–Crippen MR) is 89.0 cm³/mol. The van der Waals surface area contributed by atoms with E-state index in [1.54, 1.807) is 0 Å². The number of nitrogens with two attached hydrogens (primary N) is 1. The molecule has 0 fully saturated rings. The van der Waals surface area contributed by atoms with Crippen LogP contribution < -0.4 is 15.8 Å². The van der Waals surface area contributed by atoms with Gasteiger partial charge in [-0.1, -0.05) is 42.5 Å². The average molecular weight is 354 g/mol. The Morgan fingerprint density at radius 3 is 2.24 bits per heavy atom. The number of hydrogen-bond donors (Lipinski definition) is 3. The summed E-state index contributed by atoms with van der Waals surface area (Å²) in [6, 6.07) is 14.8. The quantitative estimate of drug-likeness (QED) is 0.682. The van der Waals surface area contributed by atoms with Gasteiger partial charge in [-0.25, -0.2) is 0 Å². The van der Waals surface area contributed by atoms with Gasteiger partial charge in [-0.3, -0.25) is 0 Å². The summed E-state index contributed by atoms with van der Waals surface area (Å²) in [6.45, 7) is 0.691. The standard InChI is InChI=1S/C18H21F3N2O2/c19-18(20,21)25-15-8-6-14(7-9-15)11-23-12-17(24)16(22)10-13-4-2-1-3-5-13/h1-9,16-17,23-24H,10-12,22H2/t16?,17-/m0/s1. The van der Waals surface area contributed by atoms with Crippen molar-refractivity contribution in [3.8, 4) is 5.75 Å². The normalized spacial score (nSPS) is 14.1. The van der Waals surface area contributed by atoms with E-state index in [4.69, 9.17) is 5.73 Å². The first-order chi connectivity index (χ1) is 11.8. The maximum atomic E-state index is 12.1. The second kappa shape index (κ2) is 8.84. The molecular formula is C18H21F3N2O2. The molecule has 2 aromatic rings. The van der Waals surface area contributed by atoms with Crippen LogP contribution in [-0.2, 0) is 13.0 Å². The van der Waals surface area contributed by atoms with E-state index < -0.39 is 18.5 Å². The third-order valence-corrected chi connectivity index (χ3v) is 3.65. The van der Waals surface area contributed by atoms with Crippen molar-refractivity contribution in [3.63, 3.8) is 0 Å². The Morgan fingerprint density at radius 1 is 1.00 bits per heavy atom. The van der Waals surface area contributed by atoms with Crippen LogP contribution in [0.25, 0.3) is 0 Å². The zero-order valence-corrected chi connectivity index (χ0v) is 13.5. The molecule has 2 atom stereocenters. The van der Waals surface area contributed by atoms with Crippen LogP contribution in [0.2, 0.25) is 0 Å². The van der Waals surface area contributed by atoms with Gasteiger partial charge in [0.05, 0.1) is 6.10 Å². The number of aliphatic hydroxyl groups excluding tert-OH is 1. The van der Waals surface area contributed by atoms with Crippen LogP contribution in [0.5, 0.6) is 5.75 Å². The van der Waals surface area contributed by atoms with E-state index in [1.165, 1.54) is 24.3 Å². The second-order valence-corrected chi connectivity index (χ2v) is 5.74. The Balaban J connectivity index is 1.74. The Labute approximate surface area is 144 Å². The molecule has 0 aliphatic heterocycles. The number of halogens is 3. The summed E-state index contributed by atoms with van der Waals surface area (Å²) < 4.78 is 40.1. The Morgan fingerprint density at radius 2 is 1.64 bits per heavy atom. The van der Waals surface area contributed by atoms with E-state index >= 15 is 0 Å². The van der Waals surface area contributed by atoms with E-state index in [0.717, 1.165) is 11.1 Å². The van der Waals surface area contributed by atoms with Gasteiger partial charge < -0.3 is 20.9 Å². The molecule has 0 saturated heterocycles. The van der Waals surface area contributed by atoms with Gasteiger partial charge >= 0.3 is 6.36 Å². The molecule has 0 saturated carbocycles. The molecule has 0 spiro atoms. The number of ether oxygens (including phenoxy) is 1. The number of rotatable bonds is 8. The molecule has 4 N–H and O–H groups in total. The lowest BCUT2D eigenvalue weighted by Gasteiger charge is -2.19. The van der Waals surface area contributed by atoms with Gasteiger partial charge in [0.15, 0.2) is 0 Å². The third-order valence-electron chi connectivity index (χ3n) is 3.65. The first-order valence-electron chi connectivity index (χ1n) is 7.86. The zero-order chi connectivity index (χ0) is 18.3. The summed E-state index contributed by atoms with van der Waals surface area (Å²) in [5, 5.41) is 13.1. The van der Waals surface area contributed by atoms with Crippen LogP contribution in [0.4, 0.5) is 13.2 Å². The SMILES string of the molecule is NC(Cc1ccccc1)[C@@H](O)CNCc1ccc(OC(F)(F)F)cc1. The molecule has 1 unspecified atom stereocenters. The van der Waals surface area contributed by atoms with Crippen LogP contribution in [-0.4, -0.2) is 30.2 Å². The molecule has 0 aromatic heterocycles. The summed E-state index contributed by atoms with van der Waals surface area (Å²) in [4.78, 5) is 0. The number of aliphatic hydroxyl groups is 1. The summed E-state index contributed by atoms with van der Waals surface area (Å²) in [7, 11) is 0. The second-order valence-electron chi connectivity index (χ2n) is 5.74. The summed E-state index contributed by atoms with van der Waals surface area (Å²) in [5.41, 5.74) is 7.82. The molecule has 0 amide bonds. The van der Waals surface area contributed by atoms with Gasteiger partial charge in [0.2, 0.25) is 0 Å². The molecule has 0 bridgehead atoms. The van der Waals surface area contributed by atoms with Crippen molar-refractivity contribution >= 4 is 0 Å². The molecule has 0 radical (unpaired) electrons. The lowest BCUT2D eigenvalue weighted by atomic mass is 10.0. The number of nitrogens with one attached hydrogen (secondary N) is 1. The van der Waals surface area contributed by atoms with Crippen molar-refractivity contribution in [1.29, 1.82) is 0 Å². The molecule has 4 nitrogen and oxygen atoms in total. The smallest absolute Gasteiger partial charge is 0.406 e. The van der Waals surface area contributed by atoms with E-state index in [0.29, 0.717) is 13.0 Å². The first-order valence-corrected chi connectivity index (χ1v) is 7.86. The topological polar surface area (TPSA) is 67.5 Å². The molecule has 0 aliphatic rings. The Kier molecular flexibility index (Phi) is 6.81. The minimum Gasteiger partial charge on any atom is -0.406 e. The van der Waals surface area contributed by atoms with Crippen molar-refractivity contribution in [2.24, 2.45) is 5.73 Å². The minimum absolute atomic E-state index is 0.263. The largest absolute Gasteiger partial charge is 0.573 e. The maximum absolute atomic E-state index is 12.1. The zero-order valence-electron chi connectivity index (χ0n) is 13.5. The van der Waals surface area contributed by atoms with Crippen molar-refractivity contribution in [2.75, 3.05) is 6.54 Å². The van der Waals surface area contributed by atoms with Gasteiger partial charge in [-0.05, 0) is 29.7 Å². The third kappa shape index (κ3) is 7.13. The lowest BCUT2D eigenvalue weighted by Crippen LogP contribution is -2.42. The molecule has 2 aromatic carbocycles. The van der Waals surface area contributed by atoms with E-state index in [2.05, 4.69) is 10.1 Å². The molecule has 0 aliphatic carbocycles. The lowest BCUT2D eigenvalue weighted by molar-refractivity contribution is -0.274. The van der Waals surface area contributed by atoms with Gasteiger partial charge in [-0.2, -0.15) is 0 Å². The van der Waals surface area contributed by atoms with Crippen molar-refractivity contribution < 1.29 is 23.0 Å². The highest BCUT2D eigenvalue weighted by Gasteiger charge is 2.30. The average Bonchev–Trinajstić information content (AvgIpc) is 2.56. The molecule has 2 rings (SSSR count). The minimum atomic E-state index is -4.70. The van der Waals surface area contributed by atoms with Crippen molar-refractivity contribution in [3.05, 3.63) is 65.7 Å². The van der Waals surface area contributed by atoms with Crippen LogP contribution >= 0.6 is 0 Å². The summed E-state index contributed by atoms with van der Waals surface area (Å²) in [6.07, 6.45) is -4.86. The number of hydrogen-bond acceptors (Lipinski definition) is 4. The number of alkyl halides is 3. The van der Waals surface area contributed by atoms with Crippen LogP contribution in [0.15, 0.2) is 54.6 Å². The molecule has 136 valence electrons. The van der Waals surface area contributed by atoms with Gasteiger partial charge in [0.25, 0.3) is 0 Å². The highest BCUT2D eigenvalue weighted by molar-refractivity contribution is 5.27. The van der Waals surface area contributed by atoms with Crippen LogP contribution in [0.1, 0.15) is 11.1 Å². The van der Waals surface area contributed by atoms with Gasteiger partial charge in [0, 0.05) is 19.1 Å². The monoisotopic (exact) mass is 354 g/mol. The van der Waals surface area contributed by atoms with Crippen LogP contribution in [0.3, 0.4) is 0 Å². The van der Waals surface area contributed by atoms with Crippen molar-refractivity contribution in [2.45, 2.75) is 31.5 Å². The summed E-state index contributed by atoms with van der Waals surface area (Å²) in [5.74, 6) is -0.263. The van der Waals surface area contributed by atoms with E-state index in [-0.39, 0.29) is 12.3 Å². The maximum Gasteiger partial charge on any atom is 0.573 e. The van der Waals surface area contributed by atoms with Crippen molar-refractivity contribution in [1.82, 2.24) is 5.32 Å². The Bertz CT molecular complexity index is 633. The van der Waals surface area contributed by atoms with E-state index in [9.17, 15) is 18.3 Å². The molecule has 25 heavy (non-hydrogen) atoms. The first kappa shape index (κ1) is 19.2. The van der Waals surface area contributed by atoms with Crippen LogP contribution in [0, 0.1) is 0 Å². The van der Waals surface area contributed by atoms with E-state index in [1.807, 2.05) is 30.3 Å². The fourth-order valence-electron chi connectivity index (χ4n) is 2.35. The fourth-order valence-corrected chi connectivity index (χ4v) is 2.35. The predicted octanol–water partition coefficient (Wildman–Crippen LogP) is 2.61. The van der Waals surface area contributed by atoms with Gasteiger partial charge in [0.1, 0.15) is 5.75 Å². The number of benzene rings is 2. The van der Waals surface area contributed by atoms with Gasteiger partial charge in [-0.15, -0.1) is 13.2 Å². The molecular weight excluding hydrogens is 333 g/mol.